The zero-order chi connectivity index (χ0) is 14.1. The second-order valence-corrected chi connectivity index (χ2v) is 4.36. The summed E-state index contributed by atoms with van der Waals surface area (Å²) in [4.78, 5) is 21.0. The number of aryl methyl sites for hydroxylation is 1. The van der Waals surface area contributed by atoms with Gasteiger partial charge in [0.1, 0.15) is 6.61 Å². The Morgan fingerprint density at radius 1 is 1.32 bits per heavy atom. The molecule has 0 saturated carbocycles. The molecule has 0 aliphatic rings. The van der Waals surface area contributed by atoms with Crippen LogP contribution in [-0.4, -0.2) is 19.2 Å². The fourth-order valence-corrected chi connectivity index (χ4v) is 1.49. The van der Waals surface area contributed by atoms with Crippen LogP contribution in [0.3, 0.4) is 0 Å². The predicted octanol–water partition coefficient (Wildman–Crippen LogP) is 3.31. The fraction of sp³-hybridized carbons (Fsp3) is 0.467. The summed E-state index contributed by atoms with van der Waals surface area (Å²) in [5.41, 5.74) is 1.69. The third kappa shape index (κ3) is 5.85. The van der Waals surface area contributed by atoms with Crippen molar-refractivity contribution >= 4 is 5.97 Å². The van der Waals surface area contributed by atoms with Gasteiger partial charge in [0.2, 0.25) is 0 Å². The largest absolute Gasteiger partial charge is 0.382 e. The maximum absolute atomic E-state index is 11.6. The Labute approximate surface area is 114 Å². The zero-order valence-electron chi connectivity index (χ0n) is 11.7. The highest BCUT2D eigenvalue weighted by molar-refractivity contribution is 5.88. The number of hydrogen-bond acceptors (Lipinski definition) is 4. The first-order valence-corrected chi connectivity index (χ1v) is 6.48. The molecule has 0 spiro atoms. The van der Waals surface area contributed by atoms with Crippen molar-refractivity contribution in [2.24, 2.45) is 0 Å². The van der Waals surface area contributed by atoms with Gasteiger partial charge in [-0.15, -0.1) is 0 Å². The van der Waals surface area contributed by atoms with Gasteiger partial charge in [-0.3, -0.25) is 4.89 Å². The van der Waals surface area contributed by atoms with Crippen LogP contribution >= 0.6 is 0 Å². The molecule has 1 unspecified atom stereocenters. The quantitative estimate of drug-likeness (QED) is 0.411. The Morgan fingerprint density at radius 2 is 2.00 bits per heavy atom. The number of methoxy groups -OCH3 is 1. The molecule has 0 aliphatic heterocycles. The van der Waals surface area contributed by atoms with Gasteiger partial charge in [-0.1, -0.05) is 25.5 Å². The van der Waals surface area contributed by atoms with Gasteiger partial charge in [0.15, 0.2) is 0 Å². The SMILES string of the molecule is CCCc1ccc(C(=O)OO[CH]CC(C)OC)cc1. The highest BCUT2D eigenvalue weighted by Gasteiger charge is 2.09. The second kappa shape index (κ2) is 8.67. The van der Waals surface area contributed by atoms with Crippen LogP contribution in [0.2, 0.25) is 0 Å². The molecule has 1 radical (unpaired) electrons. The van der Waals surface area contributed by atoms with E-state index in [-0.39, 0.29) is 6.10 Å². The average molecular weight is 265 g/mol. The molecule has 0 N–H and O–H groups in total. The Bertz CT molecular complexity index is 372. The molecule has 0 bridgehead atoms. The van der Waals surface area contributed by atoms with Crippen molar-refractivity contribution in [3.8, 4) is 0 Å². The van der Waals surface area contributed by atoms with E-state index in [1.54, 1.807) is 19.2 Å². The lowest BCUT2D eigenvalue weighted by atomic mass is 10.1. The molecule has 0 aliphatic carbocycles. The molecule has 4 nitrogen and oxygen atoms in total. The lowest BCUT2D eigenvalue weighted by molar-refractivity contribution is -0.215. The Hall–Kier alpha value is -1.39. The topological polar surface area (TPSA) is 44.8 Å². The van der Waals surface area contributed by atoms with Crippen LogP contribution in [0.1, 0.15) is 42.6 Å². The lowest BCUT2D eigenvalue weighted by Gasteiger charge is -2.08. The maximum Gasteiger partial charge on any atom is 0.373 e. The molecular weight excluding hydrogens is 244 g/mol. The monoisotopic (exact) mass is 265 g/mol. The first-order chi connectivity index (χ1) is 9.17. The van der Waals surface area contributed by atoms with E-state index < -0.39 is 5.97 Å². The number of carbonyl (C=O) groups is 1. The molecule has 4 heteroatoms. The standard InChI is InChI=1S/C15H21O4/c1-4-5-13-6-8-14(9-7-13)15(16)19-18-11-10-12(2)17-3/h6-9,11-12H,4-5,10H2,1-3H3. The predicted molar refractivity (Wildman–Crippen MR) is 72.3 cm³/mol. The highest BCUT2D eigenvalue weighted by Crippen LogP contribution is 2.09. The van der Waals surface area contributed by atoms with Gasteiger partial charge in [0, 0.05) is 13.5 Å². The van der Waals surface area contributed by atoms with Crippen LogP contribution in [0.4, 0.5) is 0 Å². The minimum absolute atomic E-state index is 0.0343. The molecule has 0 amide bonds. The summed E-state index contributed by atoms with van der Waals surface area (Å²) in [7, 11) is 1.61. The van der Waals surface area contributed by atoms with Crippen molar-refractivity contribution in [3.63, 3.8) is 0 Å². The van der Waals surface area contributed by atoms with E-state index in [1.165, 1.54) is 12.2 Å². The lowest BCUT2D eigenvalue weighted by Crippen LogP contribution is -2.09. The molecule has 0 saturated heterocycles. The molecule has 0 aromatic heterocycles. The molecule has 0 heterocycles. The summed E-state index contributed by atoms with van der Waals surface area (Å²) in [6.45, 7) is 5.43. The van der Waals surface area contributed by atoms with Gasteiger partial charge in [-0.2, -0.15) is 4.89 Å². The van der Waals surface area contributed by atoms with Crippen molar-refractivity contribution in [2.75, 3.05) is 7.11 Å². The van der Waals surface area contributed by atoms with Crippen LogP contribution in [0, 0.1) is 6.61 Å². The van der Waals surface area contributed by atoms with Crippen LogP contribution in [0.5, 0.6) is 0 Å². The van der Waals surface area contributed by atoms with E-state index in [9.17, 15) is 4.79 Å². The fourth-order valence-electron chi connectivity index (χ4n) is 1.49. The normalized spacial score (nSPS) is 12.2. The van der Waals surface area contributed by atoms with Crippen molar-refractivity contribution in [1.29, 1.82) is 0 Å². The molecule has 19 heavy (non-hydrogen) atoms. The van der Waals surface area contributed by atoms with Crippen molar-refractivity contribution in [3.05, 3.63) is 42.0 Å². The first-order valence-electron chi connectivity index (χ1n) is 6.48. The molecule has 0 fully saturated rings. The molecule has 1 rings (SSSR count). The molecule has 105 valence electrons. The van der Waals surface area contributed by atoms with Gasteiger partial charge in [0.05, 0.1) is 11.7 Å². The Balaban J connectivity index is 2.33. The number of carbonyl (C=O) groups excluding carboxylic acids is 1. The van der Waals surface area contributed by atoms with Crippen molar-refractivity contribution in [2.45, 2.75) is 39.2 Å². The highest BCUT2D eigenvalue weighted by atomic mass is 17.2. The molecular formula is C15H21O4. The second-order valence-electron chi connectivity index (χ2n) is 4.36. The number of rotatable bonds is 8. The van der Waals surface area contributed by atoms with E-state index in [4.69, 9.17) is 9.62 Å². The van der Waals surface area contributed by atoms with Crippen molar-refractivity contribution < 1.29 is 19.3 Å². The molecule has 1 atom stereocenters. The first kappa shape index (κ1) is 15.7. The summed E-state index contributed by atoms with van der Waals surface area (Å²) in [6, 6.07) is 7.34. The number of benzene rings is 1. The average Bonchev–Trinajstić information content (AvgIpc) is 2.44. The van der Waals surface area contributed by atoms with E-state index in [1.807, 2.05) is 19.1 Å². The Morgan fingerprint density at radius 3 is 2.58 bits per heavy atom. The minimum Gasteiger partial charge on any atom is -0.382 e. The summed E-state index contributed by atoms with van der Waals surface area (Å²) in [5.74, 6) is -0.496. The summed E-state index contributed by atoms with van der Waals surface area (Å²) in [6.07, 6.45) is 2.68. The molecule has 1 aromatic rings. The van der Waals surface area contributed by atoms with E-state index >= 15 is 0 Å². The maximum atomic E-state index is 11.6. The van der Waals surface area contributed by atoms with Gasteiger partial charge in [-0.05, 0) is 31.0 Å². The summed E-state index contributed by atoms with van der Waals surface area (Å²) < 4.78 is 5.03. The smallest absolute Gasteiger partial charge is 0.373 e. The van der Waals surface area contributed by atoms with Crippen molar-refractivity contribution in [1.82, 2.24) is 0 Å². The van der Waals surface area contributed by atoms with Gasteiger partial charge >= 0.3 is 5.97 Å². The van der Waals surface area contributed by atoms with Crippen LogP contribution in [0.15, 0.2) is 24.3 Å². The third-order valence-corrected chi connectivity index (χ3v) is 2.75. The summed E-state index contributed by atoms with van der Waals surface area (Å²) >= 11 is 0. The molecule has 1 aromatic carbocycles. The van der Waals surface area contributed by atoms with Crippen LogP contribution < -0.4 is 0 Å². The Kier molecular flexibility index (Phi) is 7.15. The van der Waals surface area contributed by atoms with E-state index in [2.05, 4.69) is 11.8 Å². The van der Waals surface area contributed by atoms with Gasteiger partial charge < -0.3 is 4.74 Å². The minimum atomic E-state index is -0.496. The number of ether oxygens (including phenoxy) is 1. The van der Waals surface area contributed by atoms with Crippen LogP contribution in [0.25, 0.3) is 0 Å². The van der Waals surface area contributed by atoms with E-state index in [0.29, 0.717) is 12.0 Å². The van der Waals surface area contributed by atoms with Gasteiger partial charge in [0.25, 0.3) is 0 Å². The van der Waals surface area contributed by atoms with E-state index in [0.717, 1.165) is 12.8 Å². The summed E-state index contributed by atoms with van der Waals surface area (Å²) in [5, 5.41) is 0. The van der Waals surface area contributed by atoms with Gasteiger partial charge in [-0.25, -0.2) is 4.79 Å². The van der Waals surface area contributed by atoms with Crippen LogP contribution in [-0.2, 0) is 20.9 Å². The zero-order valence-corrected chi connectivity index (χ0v) is 11.7. The third-order valence-electron chi connectivity index (χ3n) is 2.75. The number of hydrogen-bond donors (Lipinski definition) is 0.